The number of methoxy groups -OCH3 is 2. The van der Waals surface area contributed by atoms with Crippen molar-refractivity contribution >= 4 is 46.5 Å². The Balaban J connectivity index is 1.71. The number of likely N-dealkylation sites (N-methyl/N-ethyl adjacent to an activating group) is 1. The van der Waals surface area contributed by atoms with E-state index < -0.39 is 6.04 Å². The van der Waals surface area contributed by atoms with E-state index in [0.717, 1.165) is 0 Å². The third-order valence-corrected chi connectivity index (χ3v) is 8.95. The van der Waals surface area contributed by atoms with E-state index in [9.17, 15) is 9.59 Å². The molecule has 0 unspecified atom stereocenters. The van der Waals surface area contributed by atoms with Crippen LogP contribution in [0, 0.1) is 0 Å². The average molecular weight is 627 g/mol. The Morgan fingerprint density at radius 3 is 2.57 bits per heavy atom. The van der Waals surface area contributed by atoms with Gasteiger partial charge < -0.3 is 18.8 Å². The second-order valence-corrected chi connectivity index (χ2v) is 11.3. The number of hydrogen-bond donors (Lipinski definition) is 0. The van der Waals surface area contributed by atoms with E-state index in [4.69, 9.17) is 42.1 Å². The molecule has 2 aromatic carbocycles. The summed E-state index contributed by atoms with van der Waals surface area (Å²) < 4.78 is 19.2. The quantitative estimate of drug-likeness (QED) is 0.251. The third kappa shape index (κ3) is 5.28. The molecule has 0 fully saturated rings. The topological polar surface area (TPSA) is 86.3 Å². The van der Waals surface area contributed by atoms with Crippen LogP contribution in [-0.2, 0) is 4.79 Å². The fraction of sp³-hybridized carbons (Fsp3) is 0.258. The number of nitrogens with zero attached hydrogens (tertiary/aromatic N) is 3. The van der Waals surface area contributed by atoms with Crippen molar-refractivity contribution in [2.75, 3.05) is 27.3 Å². The van der Waals surface area contributed by atoms with E-state index in [-0.39, 0.29) is 11.5 Å². The summed E-state index contributed by atoms with van der Waals surface area (Å²) in [4.78, 5) is 34.9. The van der Waals surface area contributed by atoms with Gasteiger partial charge in [0.2, 0.25) is 0 Å². The predicted molar refractivity (Wildman–Crippen MR) is 165 cm³/mol. The van der Waals surface area contributed by atoms with E-state index >= 15 is 0 Å². The number of amides is 1. The number of hydrogen-bond acceptors (Lipinski definition) is 7. The van der Waals surface area contributed by atoms with Crippen LogP contribution in [0.25, 0.3) is 17.4 Å². The Bertz CT molecular complexity index is 1880. The van der Waals surface area contributed by atoms with E-state index in [2.05, 4.69) is 0 Å². The fourth-order valence-electron chi connectivity index (χ4n) is 5.02. The zero-order chi connectivity index (χ0) is 30.1. The van der Waals surface area contributed by atoms with Crippen LogP contribution >= 0.6 is 34.5 Å². The van der Waals surface area contributed by atoms with Gasteiger partial charge in [0.25, 0.3) is 11.5 Å². The Morgan fingerprint density at radius 2 is 1.88 bits per heavy atom. The summed E-state index contributed by atoms with van der Waals surface area (Å²) in [6.45, 7) is 6.65. The van der Waals surface area contributed by atoms with Gasteiger partial charge in [-0.1, -0.05) is 40.6 Å². The smallest absolute Gasteiger partial charge is 0.271 e. The van der Waals surface area contributed by atoms with E-state index in [1.54, 1.807) is 79.2 Å². The highest BCUT2D eigenvalue weighted by molar-refractivity contribution is 7.07. The van der Waals surface area contributed by atoms with Gasteiger partial charge in [0.05, 0.1) is 40.1 Å². The second-order valence-electron chi connectivity index (χ2n) is 9.47. The first-order valence-corrected chi connectivity index (χ1v) is 14.9. The molecule has 1 atom stereocenters. The molecule has 0 aliphatic carbocycles. The number of allylic oxidation sites excluding steroid dienone is 1. The first-order valence-electron chi connectivity index (χ1n) is 13.3. The maximum absolute atomic E-state index is 14.1. The monoisotopic (exact) mass is 625 g/mol. The number of thiazole rings is 1. The van der Waals surface area contributed by atoms with Gasteiger partial charge in [0.1, 0.15) is 29.1 Å². The number of carbonyl (C=O) groups excluding carboxylic acids is 1. The third-order valence-electron chi connectivity index (χ3n) is 7.15. The highest BCUT2D eigenvalue weighted by Gasteiger charge is 2.36. The summed E-state index contributed by atoms with van der Waals surface area (Å²) in [5, 5.41) is 0.798. The van der Waals surface area contributed by atoms with Crippen molar-refractivity contribution < 1.29 is 18.7 Å². The Morgan fingerprint density at radius 1 is 1.12 bits per heavy atom. The average Bonchev–Trinajstić information content (AvgIpc) is 3.57. The Kier molecular flexibility index (Phi) is 8.63. The Labute approximate surface area is 256 Å². The van der Waals surface area contributed by atoms with E-state index in [0.29, 0.717) is 77.9 Å². The zero-order valence-electron chi connectivity index (χ0n) is 23.7. The highest BCUT2D eigenvalue weighted by Crippen LogP contribution is 2.38. The molecule has 0 radical (unpaired) electrons. The van der Waals surface area contributed by atoms with Gasteiger partial charge in [-0.2, -0.15) is 0 Å². The molecule has 1 amide bonds. The molecule has 4 aromatic rings. The first kappa shape index (κ1) is 29.7. The minimum Gasteiger partial charge on any atom is -0.497 e. The minimum absolute atomic E-state index is 0.195. The lowest BCUT2D eigenvalue weighted by Gasteiger charge is -2.30. The second kappa shape index (κ2) is 12.2. The molecular formula is C31H29Cl2N3O5S. The molecule has 0 spiro atoms. The summed E-state index contributed by atoms with van der Waals surface area (Å²) in [6.07, 6.45) is 1.66. The fourth-order valence-corrected chi connectivity index (χ4v) is 6.44. The van der Waals surface area contributed by atoms with Crippen LogP contribution in [-0.4, -0.2) is 42.7 Å². The molecular weight excluding hydrogens is 597 g/mol. The number of rotatable bonds is 8. The van der Waals surface area contributed by atoms with Gasteiger partial charge in [-0.3, -0.25) is 14.2 Å². The van der Waals surface area contributed by atoms with Gasteiger partial charge in [-0.15, -0.1) is 0 Å². The van der Waals surface area contributed by atoms with Crippen molar-refractivity contribution in [3.8, 4) is 22.8 Å². The molecule has 8 nitrogen and oxygen atoms in total. The van der Waals surface area contributed by atoms with Crippen LogP contribution in [0.4, 0.5) is 0 Å². The van der Waals surface area contributed by atoms with Crippen molar-refractivity contribution in [2.45, 2.75) is 26.8 Å². The van der Waals surface area contributed by atoms with Crippen molar-refractivity contribution in [1.82, 2.24) is 9.47 Å². The number of fused-ring (bicyclic) bond motifs is 1. The highest BCUT2D eigenvalue weighted by atomic mass is 35.5. The summed E-state index contributed by atoms with van der Waals surface area (Å²) in [7, 11) is 3.12. The maximum atomic E-state index is 14.1. The lowest BCUT2D eigenvalue weighted by molar-refractivity contribution is -0.127. The lowest BCUT2D eigenvalue weighted by Crippen LogP contribution is -2.43. The summed E-state index contributed by atoms with van der Waals surface area (Å²) in [5.41, 5.74) is 1.88. The van der Waals surface area contributed by atoms with Gasteiger partial charge in [-0.25, -0.2) is 4.99 Å². The molecule has 1 aliphatic heterocycles. The molecule has 0 saturated carbocycles. The van der Waals surface area contributed by atoms with E-state index in [1.807, 2.05) is 19.9 Å². The SMILES string of the molecule is CCN(CC)C(=O)C1=C(C)N=c2s/c(=C/c3ccc(-c4cccc(Cl)c4Cl)o3)c(=O)n2[C@@H]1c1cc(OC)ccc1OC. The van der Waals surface area contributed by atoms with Gasteiger partial charge in [0.15, 0.2) is 4.80 Å². The largest absolute Gasteiger partial charge is 0.497 e. The number of furan rings is 1. The summed E-state index contributed by atoms with van der Waals surface area (Å²) >= 11 is 13.8. The van der Waals surface area contributed by atoms with Crippen LogP contribution in [0.5, 0.6) is 11.5 Å². The molecule has 5 rings (SSSR count). The number of halogens is 2. The van der Waals surface area contributed by atoms with Crippen LogP contribution in [0.1, 0.15) is 38.1 Å². The molecule has 2 aromatic heterocycles. The van der Waals surface area contributed by atoms with Crippen LogP contribution in [0.3, 0.4) is 0 Å². The first-order chi connectivity index (χ1) is 20.2. The van der Waals surface area contributed by atoms with Gasteiger partial charge in [-0.05, 0) is 63.2 Å². The maximum Gasteiger partial charge on any atom is 0.271 e. The summed E-state index contributed by atoms with van der Waals surface area (Å²) in [6, 6.07) is 13.4. The van der Waals surface area contributed by atoms with Crippen molar-refractivity contribution in [2.24, 2.45) is 4.99 Å². The van der Waals surface area contributed by atoms with Crippen molar-refractivity contribution in [3.05, 3.63) is 101 Å². The molecule has 218 valence electrons. The molecule has 0 bridgehead atoms. The minimum atomic E-state index is -0.793. The van der Waals surface area contributed by atoms with Gasteiger partial charge >= 0.3 is 0 Å². The molecule has 11 heteroatoms. The Hall–Kier alpha value is -3.79. The molecule has 0 saturated heterocycles. The summed E-state index contributed by atoms with van der Waals surface area (Å²) in [5.74, 6) is 1.86. The number of benzene rings is 2. The van der Waals surface area contributed by atoms with Crippen LogP contribution in [0.2, 0.25) is 10.0 Å². The van der Waals surface area contributed by atoms with Crippen molar-refractivity contribution in [3.63, 3.8) is 0 Å². The normalized spacial score (nSPS) is 14.9. The number of aromatic nitrogens is 1. The lowest BCUT2D eigenvalue weighted by atomic mass is 9.93. The van der Waals surface area contributed by atoms with Gasteiger partial charge in [0, 0.05) is 30.3 Å². The zero-order valence-corrected chi connectivity index (χ0v) is 26.1. The predicted octanol–water partition coefficient (Wildman–Crippen LogP) is 5.69. The van der Waals surface area contributed by atoms with Crippen LogP contribution < -0.4 is 24.4 Å². The molecule has 42 heavy (non-hydrogen) atoms. The molecule has 3 heterocycles. The standard InChI is InChI=1S/C31H29Cl2N3O5S/c1-6-35(7-2)30(38)26-17(3)34-31-36(28(26)21-15-18(39-4)11-13-23(21)40-5)29(37)25(42-31)16-19-12-14-24(41-19)20-9-8-10-22(32)27(20)33/h8-16,28H,6-7H2,1-5H3/b25-16+/t28-/m1/s1. The van der Waals surface area contributed by atoms with E-state index in [1.165, 1.54) is 11.3 Å². The van der Waals surface area contributed by atoms with Crippen LogP contribution in [0.15, 0.2) is 74.0 Å². The molecule has 1 aliphatic rings. The van der Waals surface area contributed by atoms with Crippen molar-refractivity contribution in [1.29, 1.82) is 0 Å². The number of ether oxygens (including phenoxy) is 2. The molecule has 0 N–H and O–H groups in total. The number of carbonyl (C=O) groups is 1.